The van der Waals surface area contributed by atoms with Crippen molar-refractivity contribution in [3.05, 3.63) is 35.9 Å². The van der Waals surface area contributed by atoms with Crippen molar-refractivity contribution >= 4 is 5.91 Å². The van der Waals surface area contributed by atoms with Crippen molar-refractivity contribution in [3.63, 3.8) is 0 Å². The highest BCUT2D eigenvalue weighted by Crippen LogP contribution is 2.24. The molecule has 1 aromatic rings. The van der Waals surface area contributed by atoms with Crippen LogP contribution < -0.4 is 5.73 Å². The summed E-state index contributed by atoms with van der Waals surface area (Å²) in [6.07, 6.45) is 3.57. The minimum atomic E-state index is -0.195. The SMILES string of the molecule is NCC(C(=O)N1CCCN2CCCC2C1)c1ccccc1. The van der Waals surface area contributed by atoms with E-state index < -0.39 is 0 Å². The highest BCUT2D eigenvalue weighted by Gasteiger charge is 2.32. The Labute approximate surface area is 126 Å². The molecule has 4 nitrogen and oxygen atoms in total. The van der Waals surface area contributed by atoms with Gasteiger partial charge >= 0.3 is 0 Å². The van der Waals surface area contributed by atoms with Crippen LogP contribution in [0.1, 0.15) is 30.7 Å². The fraction of sp³-hybridized carbons (Fsp3) is 0.588. The molecule has 2 heterocycles. The van der Waals surface area contributed by atoms with E-state index in [2.05, 4.69) is 9.80 Å². The van der Waals surface area contributed by atoms with Crippen molar-refractivity contribution in [2.75, 3.05) is 32.7 Å². The van der Waals surface area contributed by atoms with Crippen LogP contribution in [0.3, 0.4) is 0 Å². The molecule has 0 spiro atoms. The first-order valence-electron chi connectivity index (χ1n) is 8.07. The van der Waals surface area contributed by atoms with E-state index in [-0.39, 0.29) is 11.8 Å². The van der Waals surface area contributed by atoms with Gasteiger partial charge in [-0.2, -0.15) is 0 Å². The topological polar surface area (TPSA) is 49.6 Å². The van der Waals surface area contributed by atoms with E-state index in [4.69, 9.17) is 5.73 Å². The summed E-state index contributed by atoms with van der Waals surface area (Å²) in [5, 5.41) is 0. The average molecular weight is 287 g/mol. The zero-order chi connectivity index (χ0) is 14.7. The van der Waals surface area contributed by atoms with E-state index in [0.717, 1.165) is 31.6 Å². The molecule has 0 radical (unpaired) electrons. The number of hydrogen-bond donors (Lipinski definition) is 1. The van der Waals surface area contributed by atoms with Gasteiger partial charge in [0.15, 0.2) is 0 Å². The smallest absolute Gasteiger partial charge is 0.231 e. The average Bonchev–Trinajstić information content (AvgIpc) is 2.86. The summed E-state index contributed by atoms with van der Waals surface area (Å²) in [6, 6.07) is 10.5. The number of carbonyl (C=O) groups excluding carboxylic acids is 1. The molecule has 114 valence electrons. The van der Waals surface area contributed by atoms with E-state index in [0.29, 0.717) is 12.6 Å². The van der Waals surface area contributed by atoms with Crippen molar-refractivity contribution in [2.45, 2.75) is 31.2 Å². The van der Waals surface area contributed by atoms with Gasteiger partial charge in [0.05, 0.1) is 5.92 Å². The Morgan fingerprint density at radius 2 is 1.95 bits per heavy atom. The molecule has 0 saturated carbocycles. The Morgan fingerprint density at radius 1 is 1.19 bits per heavy atom. The first kappa shape index (κ1) is 14.5. The number of benzene rings is 1. The third-order valence-electron chi connectivity index (χ3n) is 4.85. The molecule has 21 heavy (non-hydrogen) atoms. The molecule has 0 aromatic heterocycles. The van der Waals surface area contributed by atoms with Crippen molar-refractivity contribution in [3.8, 4) is 0 Å². The number of carbonyl (C=O) groups is 1. The maximum Gasteiger partial charge on any atom is 0.231 e. The zero-order valence-corrected chi connectivity index (χ0v) is 12.6. The summed E-state index contributed by atoms with van der Waals surface area (Å²) >= 11 is 0. The molecular weight excluding hydrogens is 262 g/mol. The van der Waals surface area contributed by atoms with Crippen molar-refractivity contribution in [1.82, 2.24) is 9.80 Å². The lowest BCUT2D eigenvalue weighted by Crippen LogP contribution is -2.43. The van der Waals surface area contributed by atoms with Crippen molar-refractivity contribution in [2.24, 2.45) is 5.73 Å². The van der Waals surface area contributed by atoms with Crippen LogP contribution in [0.15, 0.2) is 30.3 Å². The van der Waals surface area contributed by atoms with Crippen LogP contribution in [0.5, 0.6) is 0 Å². The third kappa shape index (κ3) is 3.11. The summed E-state index contributed by atoms with van der Waals surface area (Å²) in [5.74, 6) is 0.0107. The van der Waals surface area contributed by atoms with Gasteiger partial charge in [-0.25, -0.2) is 0 Å². The molecule has 1 amide bonds. The van der Waals surface area contributed by atoms with Crippen LogP contribution in [0.4, 0.5) is 0 Å². The molecule has 2 unspecified atom stereocenters. The molecule has 1 aromatic carbocycles. The standard InChI is InChI=1S/C17H25N3O/c18-12-16(14-6-2-1-3-7-14)17(21)20-11-5-10-19-9-4-8-15(19)13-20/h1-3,6-7,15-16H,4-5,8-13,18H2. The quantitative estimate of drug-likeness (QED) is 0.915. The van der Waals surface area contributed by atoms with Crippen LogP contribution in [-0.2, 0) is 4.79 Å². The van der Waals surface area contributed by atoms with Crippen molar-refractivity contribution < 1.29 is 4.79 Å². The molecular formula is C17H25N3O. The lowest BCUT2D eigenvalue weighted by atomic mass is 9.97. The molecule has 0 aliphatic carbocycles. The number of rotatable bonds is 3. The largest absolute Gasteiger partial charge is 0.341 e. The van der Waals surface area contributed by atoms with Crippen molar-refractivity contribution in [1.29, 1.82) is 0 Å². The van der Waals surface area contributed by atoms with Crippen LogP contribution in [0.2, 0.25) is 0 Å². The highest BCUT2D eigenvalue weighted by atomic mass is 16.2. The Bertz CT molecular complexity index is 476. The van der Waals surface area contributed by atoms with Gasteiger partial charge in [0, 0.05) is 32.2 Å². The number of fused-ring (bicyclic) bond motifs is 1. The van der Waals surface area contributed by atoms with E-state index in [1.54, 1.807) is 0 Å². The van der Waals surface area contributed by atoms with E-state index in [9.17, 15) is 4.79 Å². The van der Waals surface area contributed by atoms with Crippen LogP contribution >= 0.6 is 0 Å². The Hall–Kier alpha value is -1.39. The van der Waals surface area contributed by atoms with E-state index in [1.807, 2.05) is 30.3 Å². The molecule has 3 rings (SSSR count). The zero-order valence-electron chi connectivity index (χ0n) is 12.6. The van der Waals surface area contributed by atoms with Gasteiger partial charge in [-0.3, -0.25) is 9.69 Å². The van der Waals surface area contributed by atoms with Gasteiger partial charge in [-0.15, -0.1) is 0 Å². The van der Waals surface area contributed by atoms with Gasteiger partial charge in [-0.1, -0.05) is 30.3 Å². The van der Waals surface area contributed by atoms with Crippen LogP contribution in [0, 0.1) is 0 Å². The second-order valence-electron chi connectivity index (χ2n) is 6.17. The highest BCUT2D eigenvalue weighted by molar-refractivity contribution is 5.84. The Morgan fingerprint density at radius 3 is 2.71 bits per heavy atom. The van der Waals surface area contributed by atoms with E-state index >= 15 is 0 Å². The van der Waals surface area contributed by atoms with Gasteiger partial charge in [0.2, 0.25) is 5.91 Å². The maximum atomic E-state index is 12.9. The van der Waals surface area contributed by atoms with Gasteiger partial charge in [0.25, 0.3) is 0 Å². The molecule has 2 atom stereocenters. The molecule has 2 N–H and O–H groups in total. The number of nitrogens with two attached hydrogens (primary N) is 1. The van der Waals surface area contributed by atoms with Crippen LogP contribution in [-0.4, -0.2) is 54.5 Å². The number of hydrogen-bond acceptors (Lipinski definition) is 3. The monoisotopic (exact) mass is 287 g/mol. The number of nitrogens with zero attached hydrogens (tertiary/aromatic N) is 2. The second-order valence-corrected chi connectivity index (χ2v) is 6.17. The van der Waals surface area contributed by atoms with Gasteiger partial charge < -0.3 is 10.6 Å². The molecule has 2 fully saturated rings. The summed E-state index contributed by atoms with van der Waals surface area (Å²) in [7, 11) is 0. The van der Waals surface area contributed by atoms with Gasteiger partial charge in [0.1, 0.15) is 0 Å². The Balaban J connectivity index is 1.73. The third-order valence-corrected chi connectivity index (χ3v) is 4.85. The predicted molar refractivity (Wildman–Crippen MR) is 84.0 cm³/mol. The second kappa shape index (κ2) is 6.58. The lowest BCUT2D eigenvalue weighted by Gasteiger charge is -2.28. The minimum Gasteiger partial charge on any atom is -0.341 e. The minimum absolute atomic E-state index is 0.195. The van der Waals surface area contributed by atoms with E-state index in [1.165, 1.54) is 19.4 Å². The first-order chi connectivity index (χ1) is 10.3. The summed E-state index contributed by atoms with van der Waals surface area (Å²) < 4.78 is 0. The normalized spacial score (nSPS) is 24.4. The number of amides is 1. The Kier molecular flexibility index (Phi) is 4.56. The molecule has 4 heteroatoms. The summed E-state index contributed by atoms with van der Waals surface area (Å²) in [6.45, 7) is 4.46. The fourth-order valence-corrected chi connectivity index (χ4v) is 3.69. The molecule has 0 bridgehead atoms. The fourth-order valence-electron chi connectivity index (χ4n) is 3.69. The summed E-state index contributed by atoms with van der Waals surface area (Å²) in [5.41, 5.74) is 6.94. The maximum absolute atomic E-state index is 12.9. The summed E-state index contributed by atoms with van der Waals surface area (Å²) in [4.78, 5) is 17.5. The lowest BCUT2D eigenvalue weighted by molar-refractivity contribution is -0.132. The molecule has 2 saturated heterocycles. The van der Waals surface area contributed by atoms with Crippen LogP contribution in [0.25, 0.3) is 0 Å². The predicted octanol–water partition coefficient (Wildman–Crippen LogP) is 1.43. The molecule has 2 aliphatic heterocycles. The first-order valence-corrected chi connectivity index (χ1v) is 8.07. The van der Waals surface area contributed by atoms with Gasteiger partial charge in [-0.05, 0) is 31.4 Å². The molecule has 2 aliphatic rings.